The van der Waals surface area contributed by atoms with E-state index in [-0.39, 0.29) is 0 Å². The molecular weight excluding hydrogens is 102 g/mol. The van der Waals surface area contributed by atoms with Crippen LogP contribution in [0, 0.1) is 11.5 Å². The van der Waals surface area contributed by atoms with Gasteiger partial charge in [0.15, 0.2) is 6.19 Å². The molecule has 8 heavy (non-hydrogen) atoms. The SMILES string of the molecule is N#CNc1ccc[nH]1. The Morgan fingerprint density at radius 1 is 1.75 bits per heavy atom. The van der Waals surface area contributed by atoms with Gasteiger partial charge in [0, 0.05) is 6.20 Å². The first-order valence-corrected chi connectivity index (χ1v) is 2.22. The number of nitrogens with one attached hydrogen (secondary N) is 2. The van der Waals surface area contributed by atoms with E-state index in [4.69, 9.17) is 5.26 Å². The van der Waals surface area contributed by atoms with Crippen LogP contribution in [-0.2, 0) is 0 Å². The summed E-state index contributed by atoms with van der Waals surface area (Å²) in [4.78, 5) is 2.80. The predicted molar refractivity (Wildman–Crippen MR) is 30.0 cm³/mol. The van der Waals surface area contributed by atoms with E-state index in [1.807, 2.05) is 6.07 Å². The second kappa shape index (κ2) is 2.03. The Morgan fingerprint density at radius 2 is 2.62 bits per heavy atom. The first-order chi connectivity index (χ1) is 3.93. The van der Waals surface area contributed by atoms with Crippen LogP contribution in [0.15, 0.2) is 18.3 Å². The minimum absolute atomic E-state index is 0.729. The maximum atomic E-state index is 8.06. The van der Waals surface area contributed by atoms with E-state index in [9.17, 15) is 0 Å². The molecule has 1 aromatic rings. The van der Waals surface area contributed by atoms with Crippen LogP contribution >= 0.6 is 0 Å². The van der Waals surface area contributed by atoms with Crippen molar-refractivity contribution in [1.82, 2.24) is 4.98 Å². The lowest BCUT2D eigenvalue weighted by atomic mass is 10.6. The molecule has 40 valence electrons. The molecule has 0 fully saturated rings. The number of nitriles is 1. The van der Waals surface area contributed by atoms with Gasteiger partial charge in [-0.2, -0.15) is 5.26 Å². The van der Waals surface area contributed by atoms with Crippen LogP contribution in [0.3, 0.4) is 0 Å². The zero-order valence-corrected chi connectivity index (χ0v) is 4.18. The molecule has 0 saturated heterocycles. The van der Waals surface area contributed by atoms with Gasteiger partial charge < -0.3 is 4.98 Å². The fourth-order valence-corrected chi connectivity index (χ4v) is 0.468. The molecule has 0 saturated carbocycles. The van der Waals surface area contributed by atoms with Crippen molar-refractivity contribution in [3.63, 3.8) is 0 Å². The second-order valence-electron chi connectivity index (χ2n) is 1.32. The summed E-state index contributed by atoms with van der Waals surface area (Å²) in [5, 5.41) is 10.5. The molecule has 0 aromatic carbocycles. The lowest BCUT2D eigenvalue weighted by Gasteiger charge is -1.84. The van der Waals surface area contributed by atoms with E-state index in [2.05, 4.69) is 10.3 Å². The van der Waals surface area contributed by atoms with Gasteiger partial charge in [-0.3, -0.25) is 5.32 Å². The standard InChI is InChI=1S/C5H5N3/c6-4-8-5-2-1-3-7-5/h1-3,7-8H. The highest BCUT2D eigenvalue weighted by Gasteiger charge is 1.82. The zero-order valence-electron chi connectivity index (χ0n) is 4.18. The van der Waals surface area contributed by atoms with Crippen molar-refractivity contribution in [2.75, 3.05) is 5.32 Å². The lowest BCUT2D eigenvalue weighted by molar-refractivity contribution is 1.37. The lowest BCUT2D eigenvalue weighted by Crippen LogP contribution is -1.84. The average molecular weight is 107 g/mol. The molecule has 3 heteroatoms. The Kier molecular flexibility index (Phi) is 1.20. The summed E-state index contributed by atoms with van der Waals surface area (Å²) in [5.74, 6) is 0.729. The van der Waals surface area contributed by atoms with E-state index >= 15 is 0 Å². The number of aromatic amines is 1. The molecule has 0 bridgehead atoms. The molecule has 1 rings (SSSR count). The van der Waals surface area contributed by atoms with Gasteiger partial charge in [0.1, 0.15) is 5.82 Å². The van der Waals surface area contributed by atoms with Gasteiger partial charge in [0.2, 0.25) is 0 Å². The molecule has 1 heterocycles. The van der Waals surface area contributed by atoms with Crippen molar-refractivity contribution in [3.05, 3.63) is 18.3 Å². The molecule has 0 spiro atoms. The normalized spacial score (nSPS) is 7.88. The number of H-pyrrole nitrogens is 1. The Bertz CT molecular complexity index is 182. The van der Waals surface area contributed by atoms with Crippen LogP contribution in [0.1, 0.15) is 0 Å². The second-order valence-corrected chi connectivity index (χ2v) is 1.32. The van der Waals surface area contributed by atoms with Gasteiger partial charge in [0.05, 0.1) is 0 Å². The zero-order chi connectivity index (χ0) is 5.82. The number of nitrogens with zero attached hydrogens (tertiary/aromatic N) is 1. The molecule has 0 unspecified atom stereocenters. The van der Waals surface area contributed by atoms with Gasteiger partial charge in [-0.15, -0.1) is 0 Å². The monoisotopic (exact) mass is 107 g/mol. The molecule has 0 radical (unpaired) electrons. The van der Waals surface area contributed by atoms with Gasteiger partial charge in [-0.25, -0.2) is 0 Å². The first-order valence-electron chi connectivity index (χ1n) is 2.22. The summed E-state index contributed by atoms with van der Waals surface area (Å²) in [5.41, 5.74) is 0. The van der Waals surface area contributed by atoms with Gasteiger partial charge >= 0.3 is 0 Å². The fourth-order valence-electron chi connectivity index (χ4n) is 0.468. The summed E-state index contributed by atoms with van der Waals surface area (Å²) in [6.45, 7) is 0. The molecule has 2 N–H and O–H groups in total. The highest BCUT2D eigenvalue weighted by atomic mass is 15.0. The summed E-state index contributed by atoms with van der Waals surface area (Å²) in [6.07, 6.45) is 3.54. The molecule has 0 atom stereocenters. The maximum absolute atomic E-state index is 8.06. The Labute approximate surface area is 46.9 Å². The van der Waals surface area contributed by atoms with Crippen LogP contribution < -0.4 is 5.32 Å². The molecule has 0 aliphatic rings. The number of anilines is 1. The third kappa shape index (κ3) is 0.793. The van der Waals surface area contributed by atoms with Gasteiger partial charge in [-0.05, 0) is 12.1 Å². The molecule has 3 nitrogen and oxygen atoms in total. The summed E-state index contributed by atoms with van der Waals surface area (Å²) >= 11 is 0. The quantitative estimate of drug-likeness (QED) is 0.414. The van der Waals surface area contributed by atoms with Crippen LogP contribution in [0.2, 0.25) is 0 Å². The number of hydrogen-bond donors (Lipinski definition) is 2. The average Bonchev–Trinajstić information content (AvgIpc) is 2.19. The largest absolute Gasteiger partial charge is 0.348 e. The van der Waals surface area contributed by atoms with Crippen molar-refractivity contribution >= 4 is 5.82 Å². The maximum Gasteiger partial charge on any atom is 0.182 e. The van der Waals surface area contributed by atoms with E-state index in [1.165, 1.54) is 0 Å². The number of rotatable bonds is 1. The molecule has 0 amide bonds. The highest BCUT2D eigenvalue weighted by molar-refractivity contribution is 5.38. The van der Waals surface area contributed by atoms with Crippen molar-refractivity contribution in [2.24, 2.45) is 0 Å². The Balaban J connectivity index is 2.67. The summed E-state index contributed by atoms with van der Waals surface area (Å²) < 4.78 is 0. The van der Waals surface area contributed by atoms with Crippen LogP contribution in [0.25, 0.3) is 0 Å². The van der Waals surface area contributed by atoms with E-state index in [1.54, 1.807) is 18.5 Å². The molecule has 1 aromatic heterocycles. The van der Waals surface area contributed by atoms with E-state index in [0.29, 0.717) is 0 Å². The summed E-state index contributed by atoms with van der Waals surface area (Å²) in [7, 11) is 0. The van der Waals surface area contributed by atoms with Crippen LogP contribution in [0.4, 0.5) is 5.82 Å². The van der Waals surface area contributed by atoms with Crippen molar-refractivity contribution in [1.29, 1.82) is 5.26 Å². The smallest absolute Gasteiger partial charge is 0.182 e. The summed E-state index contributed by atoms with van der Waals surface area (Å²) in [6, 6.07) is 3.60. The molecule has 0 aliphatic carbocycles. The van der Waals surface area contributed by atoms with E-state index < -0.39 is 0 Å². The third-order valence-corrected chi connectivity index (χ3v) is 0.789. The Hall–Kier alpha value is -1.43. The van der Waals surface area contributed by atoms with Crippen LogP contribution in [0.5, 0.6) is 0 Å². The molecular formula is C5H5N3. The topological polar surface area (TPSA) is 51.6 Å². The minimum Gasteiger partial charge on any atom is -0.348 e. The van der Waals surface area contributed by atoms with Crippen LogP contribution in [-0.4, -0.2) is 4.98 Å². The fraction of sp³-hybridized carbons (Fsp3) is 0. The van der Waals surface area contributed by atoms with E-state index in [0.717, 1.165) is 5.82 Å². The third-order valence-electron chi connectivity index (χ3n) is 0.789. The molecule has 0 aliphatic heterocycles. The van der Waals surface area contributed by atoms with Gasteiger partial charge in [-0.1, -0.05) is 0 Å². The number of hydrogen-bond acceptors (Lipinski definition) is 2. The highest BCUT2D eigenvalue weighted by Crippen LogP contribution is 1.97. The van der Waals surface area contributed by atoms with Crippen molar-refractivity contribution < 1.29 is 0 Å². The van der Waals surface area contributed by atoms with Crippen molar-refractivity contribution in [2.45, 2.75) is 0 Å². The first kappa shape index (κ1) is 4.72. The minimum atomic E-state index is 0.729. The number of aromatic nitrogens is 1. The van der Waals surface area contributed by atoms with Crippen molar-refractivity contribution in [3.8, 4) is 6.19 Å². The predicted octanol–water partition coefficient (Wildman–Crippen LogP) is 0.908. The van der Waals surface area contributed by atoms with Gasteiger partial charge in [0.25, 0.3) is 0 Å². The Morgan fingerprint density at radius 3 is 3.12 bits per heavy atom.